The van der Waals surface area contributed by atoms with Gasteiger partial charge in [-0.15, -0.1) is 0 Å². The van der Waals surface area contributed by atoms with Crippen LogP contribution < -0.4 is 0 Å². The van der Waals surface area contributed by atoms with Crippen molar-refractivity contribution in [3.8, 4) is 11.4 Å². The van der Waals surface area contributed by atoms with Crippen LogP contribution in [0.2, 0.25) is 0 Å². The van der Waals surface area contributed by atoms with E-state index in [0.717, 1.165) is 56.0 Å². The Balaban J connectivity index is 1.80. The Morgan fingerprint density at radius 3 is 2.50 bits per heavy atom. The molecule has 0 aliphatic carbocycles. The highest BCUT2D eigenvalue weighted by Gasteiger charge is 2.32. The second kappa shape index (κ2) is 7.56. The van der Waals surface area contributed by atoms with Gasteiger partial charge in [0.05, 0.1) is 11.4 Å². The largest absolute Gasteiger partial charge is 0.342 e. The van der Waals surface area contributed by atoms with Gasteiger partial charge >= 0.3 is 0 Å². The topological polar surface area (TPSA) is 63.9 Å². The van der Waals surface area contributed by atoms with Crippen LogP contribution >= 0.6 is 0 Å². The van der Waals surface area contributed by atoms with Crippen molar-refractivity contribution in [2.24, 2.45) is 5.41 Å². The fraction of sp³-hybridized carbons (Fsp3) is 0.600. The molecule has 6 nitrogen and oxygen atoms in total. The fourth-order valence-electron chi connectivity index (χ4n) is 3.60. The van der Waals surface area contributed by atoms with Gasteiger partial charge in [-0.3, -0.25) is 19.4 Å². The monoisotopic (exact) mass is 355 g/mol. The summed E-state index contributed by atoms with van der Waals surface area (Å²) in [7, 11) is 0. The van der Waals surface area contributed by atoms with Crippen molar-refractivity contribution in [2.45, 2.75) is 59.4 Å². The lowest BCUT2D eigenvalue weighted by atomic mass is 9.88. The molecule has 26 heavy (non-hydrogen) atoms. The molecule has 0 bridgehead atoms. The Kier molecular flexibility index (Phi) is 5.39. The van der Waals surface area contributed by atoms with E-state index >= 15 is 0 Å². The minimum Gasteiger partial charge on any atom is -0.342 e. The van der Waals surface area contributed by atoms with Crippen LogP contribution in [0.25, 0.3) is 11.4 Å². The van der Waals surface area contributed by atoms with Gasteiger partial charge in [0.2, 0.25) is 5.91 Å². The van der Waals surface area contributed by atoms with Crippen LogP contribution in [0.4, 0.5) is 0 Å². The van der Waals surface area contributed by atoms with Gasteiger partial charge in [-0.2, -0.15) is 5.10 Å². The van der Waals surface area contributed by atoms with Gasteiger partial charge < -0.3 is 4.90 Å². The van der Waals surface area contributed by atoms with Crippen LogP contribution in [0.15, 0.2) is 24.7 Å². The summed E-state index contributed by atoms with van der Waals surface area (Å²) in [6, 6.07) is 2.02. The Bertz CT molecular complexity index is 754. The van der Waals surface area contributed by atoms with E-state index in [0.29, 0.717) is 5.92 Å². The first kappa shape index (κ1) is 18.5. The van der Waals surface area contributed by atoms with Crippen molar-refractivity contribution in [2.75, 3.05) is 13.1 Å². The number of piperidine rings is 1. The van der Waals surface area contributed by atoms with Gasteiger partial charge in [-0.25, -0.2) is 0 Å². The van der Waals surface area contributed by atoms with Gasteiger partial charge in [0.25, 0.3) is 0 Å². The summed E-state index contributed by atoms with van der Waals surface area (Å²) in [6.45, 7) is 10.5. The molecule has 0 saturated carbocycles. The molecule has 2 aromatic rings. The second-order valence-corrected chi connectivity index (χ2v) is 8.05. The van der Waals surface area contributed by atoms with Crippen molar-refractivity contribution >= 4 is 5.91 Å². The maximum Gasteiger partial charge on any atom is 0.227 e. The summed E-state index contributed by atoms with van der Waals surface area (Å²) in [5.74, 6) is 0.559. The first-order valence-corrected chi connectivity index (χ1v) is 9.54. The first-order valence-electron chi connectivity index (χ1n) is 9.54. The number of carbonyl (C=O) groups is 1. The van der Waals surface area contributed by atoms with Crippen LogP contribution in [-0.4, -0.2) is 43.6 Å². The molecular weight excluding hydrogens is 326 g/mol. The molecule has 2 aromatic heterocycles. The molecule has 140 valence electrons. The zero-order valence-corrected chi connectivity index (χ0v) is 16.3. The maximum absolute atomic E-state index is 12.5. The van der Waals surface area contributed by atoms with Crippen molar-refractivity contribution in [1.82, 2.24) is 24.6 Å². The van der Waals surface area contributed by atoms with E-state index in [1.54, 1.807) is 12.4 Å². The van der Waals surface area contributed by atoms with Crippen LogP contribution in [0.5, 0.6) is 0 Å². The molecule has 1 amide bonds. The zero-order valence-electron chi connectivity index (χ0n) is 16.3. The van der Waals surface area contributed by atoms with Crippen LogP contribution in [0.3, 0.4) is 0 Å². The summed E-state index contributed by atoms with van der Waals surface area (Å²) < 4.78 is 2.01. The molecule has 3 heterocycles. The molecule has 6 heteroatoms. The summed E-state index contributed by atoms with van der Waals surface area (Å²) in [5.41, 5.74) is 2.67. The van der Waals surface area contributed by atoms with E-state index in [-0.39, 0.29) is 11.3 Å². The molecule has 1 aliphatic rings. The molecule has 0 N–H and O–H groups in total. The van der Waals surface area contributed by atoms with E-state index in [1.165, 1.54) is 0 Å². The van der Waals surface area contributed by atoms with Crippen molar-refractivity contribution in [1.29, 1.82) is 0 Å². The van der Waals surface area contributed by atoms with Crippen LogP contribution in [0.1, 0.15) is 58.6 Å². The summed E-state index contributed by atoms with van der Waals surface area (Å²) in [6.07, 6.45) is 8.23. The highest BCUT2D eigenvalue weighted by Crippen LogP contribution is 2.33. The number of rotatable bonds is 4. The van der Waals surface area contributed by atoms with Crippen molar-refractivity contribution in [3.63, 3.8) is 0 Å². The number of aromatic nitrogens is 4. The lowest BCUT2D eigenvalue weighted by molar-refractivity contribution is -0.140. The van der Waals surface area contributed by atoms with Gasteiger partial charge in [-0.05, 0) is 25.3 Å². The molecule has 0 aromatic carbocycles. The van der Waals surface area contributed by atoms with Gasteiger partial charge in [0.1, 0.15) is 5.69 Å². The maximum atomic E-state index is 12.5. The number of likely N-dealkylation sites (tertiary alicyclic amines) is 1. The molecule has 1 saturated heterocycles. The minimum absolute atomic E-state index is 0.233. The Hall–Kier alpha value is -2.24. The molecular formula is C20H29N5O. The third-order valence-electron chi connectivity index (χ3n) is 4.93. The molecule has 3 rings (SSSR count). The lowest BCUT2D eigenvalue weighted by Crippen LogP contribution is -2.43. The summed E-state index contributed by atoms with van der Waals surface area (Å²) >= 11 is 0. The third-order valence-corrected chi connectivity index (χ3v) is 4.93. The average Bonchev–Trinajstić information content (AvgIpc) is 3.09. The van der Waals surface area contributed by atoms with Crippen molar-refractivity contribution < 1.29 is 4.79 Å². The van der Waals surface area contributed by atoms with E-state index < -0.39 is 0 Å². The predicted octanol–water partition coefficient (Wildman–Crippen LogP) is 3.50. The molecule has 0 radical (unpaired) electrons. The zero-order chi connectivity index (χ0) is 18.7. The number of amides is 1. The number of nitrogens with zero attached hydrogens (tertiary/aromatic N) is 5. The van der Waals surface area contributed by atoms with Crippen LogP contribution in [0, 0.1) is 5.41 Å². The summed E-state index contributed by atoms with van der Waals surface area (Å²) in [4.78, 5) is 23.8. The van der Waals surface area contributed by atoms with E-state index in [9.17, 15) is 4.79 Å². The second-order valence-electron chi connectivity index (χ2n) is 8.05. The number of hydrogen-bond donors (Lipinski definition) is 0. The number of carbonyl (C=O) groups excluding carboxylic acids is 1. The van der Waals surface area contributed by atoms with Gasteiger partial charge in [0.15, 0.2) is 0 Å². The quantitative estimate of drug-likeness (QED) is 0.842. The Morgan fingerprint density at radius 2 is 1.85 bits per heavy atom. The average molecular weight is 355 g/mol. The number of aryl methyl sites for hydroxylation is 1. The van der Waals surface area contributed by atoms with E-state index in [4.69, 9.17) is 0 Å². The molecule has 0 spiro atoms. The predicted molar refractivity (Wildman–Crippen MR) is 102 cm³/mol. The summed E-state index contributed by atoms with van der Waals surface area (Å²) in [5, 5.41) is 4.43. The molecule has 1 aliphatic heterocycles. The minimum atomic E-state index is -0.322. The van der Waals surface area contributed by atoms with Crippen LogP contribution in [-0.2, 0) is 11.3 Å². The van der Waals surface area contributed by atoms with Crippen molar-refractivity contribution in [3.05, 3.63) is 30.4 Å². The number of hydrogen-bond acceptors (Lipinski definition) is 4. The fourth-order valence-corrected chi connectivity index (χ4v) is 3.60. The third kappa shape index (κ3) is 3.79. The van der Waals surface area contributed by atoms with Gasteiger partial charge in [0, 0.05) is 49.6 Å². The molecule has 0 unspecified atom stereocenters. The van der Waals surface area contributed by atoms with E-state index in [2.05, 4.69) is 22.0 Å². The highest BCUT2D eigenvalue weighted by atomic mass is 16.2. The normalized spacial score (nSPS) is 16.1. The first-order chi connectivity index (χ1) is 12.4. The SMILES string of the molecule is CCCn1nccc1-c1nccnc1C1CCN(C(=O)C(C)(C)C)CC1. The standard InChI is InChI=1S/C20H29N5O/c1-5-12-25-16(6-9-23-25)18-17(21-10-11-22-18)15-7-13-24(14-8-15)19(26)20(2,3)4/h6,9-11,15H,5,7-8,12-14H2,1-4H3. The lowest BCUT2D eigenvalue weighted by Gasteiger charge is -2.35. The van der Waals surface area contributed by atoms with E-state index in [1.807, 2.05) is 42.6 Å². The molecule has 0 atom stereocenters. The van der Waals surface area contributed by atoms with Gasteiger partial charge in [-0.1, -0.05) is 27.7 Å². The highest BCUT2D eigenvalue weighted by molar-refractivity contribution is 5.81. The Labute approximate surface area is 155 Å². The molecule has 1 fully saturated rings. The smallest absolute Gasteiger partial charge is 0.227 e. The Morgan fingerprint density at radius 1 is 1.15 bits per heavy atom.